The molecule has 0 saturated heterocycles. The third kappa shape index (κ3) is 2.84. The van der Waals surface area contributed by atoms with E-state index in [2.05, 4.69) is 11.9 Å². The summed E-state index contributed by atoms with van der Waals surface area (Å²) in [5.74, 6) is -1.02. The van der Waals surface area contributed by atoms with Crippen LogP contribution in [0.15, 0.2) is 61.2 Å². The third-order valence-corrected chi connectivity index (χ3v) is 3.82. The Morgan fingerprint density at radius 2 is 1.75 bits per heavy atom. The monoisotopic (exact) mass is 320 g/mol. The molecule has 0 spiro atoms. The number of imide groups is 1. The summed E-state index contributed by atoms with van der Waals surface area (Å²) < 4.78 is 0. The highest BCUT2D eigenvalue weighted by molar-refractivity contribution is 6.22. The molecule has 1 aliphatic heterocycles. The van der Waals surface area contributed by atoms with Crippen LogP contribution in [0.4, 0.5) is 0 Å². The number of nitrogens with one attached hydrogen (secondary N) is 1. The second-order valence-corrected chi connectivity index (χ2v) is 5.44. The Kier molecular flexibility index (Phi) is 4.24. The van der Waals surface area contributed by atoms with Crippen LogP contribution in [-0.4, -0.2) is 29.2 Å². The van der Waals surface area contributed by atoms with Gasteiger partial charge in [-0.3, -0.25) is 19.3 Å². The van der Waals surface area contributed by atoms with Crippen LogP contribution in [0.2, 0.25) is 0 Å². The van der Waals surface area contributed by atoms with E-state index in [1.165, 1.54) is 17.0 Å². The van der Waals surface area contributed by atoms with Gasteiger partial charge >= 0.3 is 0 Å². The number of hydrogen-bond donors (Lipinski definition) is 1. The lowest BCUT2D eigenvalue weighted by atomic mass is 10.1. The molecular formula is C19H16N2O3. The summed E-state index contributed by atoms with van der Waals surface area (Å²) in [4.78, 5) is 38.2. The van der Waals surface area contributed by atoms with E-state index in [-0.39, 0.29) is 29.8 Å². The van der Waals surface area contributed by atoms with Crippen LogP contribution in [0, 0.1) is 0 Å². The van der Waals surface area contributed by atoms with Gasteiger partial charge in [0.25, 0.3) is 17.7 Å². The lowest BCUT2D eigenvalue weighted by Gasteiger charge is -2.13. The number of nitrogens with zero attached hydrogens (tertiary/aromatic N) is 1. The fraction of sp³-hybridized carbons (Fsp3) is 0.105. The predicted molar refractivity (Wildman–Crippen MR) is 89.6 cm³/mol. The van der Waals surface area contributed by atoms with Crippen molar-refractivity contribution in [2.24, 2.45) is 0 Å². The molecule has 1 aliphatic rings. The van der Waals surface area contributed by atoms with Crippen molar-refractivity contribution in [2.75, 3.05) is 6.54 Å². The summed E-state index contributed by atoms with van der Waals surface area (Å²) in [7, 11) is 0. The van der Waals surface area contributed by atoms with Crippen LogP contribution in [0.5, 0.6) is 0 Å². The van der Waals surface area contributed by atoms with E-state index in [1.54, 1.807) is 12.1 Å². The number of fused-ring (bicyclic) bond motifs is 1. The van der Waals surface area contributed by atoms with Crippen LogP contribution in [-0.2, 0) is 6.54 Å². The van der Waals surface area contributed by atoms with E-state index in [0.29, 0.717) is 17.7 Å². The SMILES string of the molecule is C=CCNC(=O)c1ccc2c(c1)C(=O)N(Cc1ccccc1)C2=O. The molecule has 3 rings (SSSR count). The number of amides is 3. The topological polar surface area (TPSA) is 66.5 Å². The fourth-order valence-corrected chi connectivity index (χ4v) is 2.61. The zero-order chi connectivity index (χ0) is 17.1. The number of hydrogen-bond acceptors (Lipinski definition) is 3. The van der Waals surface area contributed by atoms with Gasteiger partial charge in [-0.15, -0.1) is 6.58 Å². The van der Waals surface area contributed by atoms with Gasteiger partial charge in [0.1, 0.15) is 0 Å². The van der Waals surface area contributed by atoms with Crippen molar-refractivity contribution in [3.05, 3.63) is 83.4 Å². The first-order valence-electron chi connectivity index (χ1n) is 7.55. The molecule has 120 valence electrons. The molecule has 0 atom stereocenters. The summed E-state index contributed by atoms with van der Waals surface area (Å²) in [6, 6.07) is 13.9. The molecule has 0 saturated carbocycles. The summed E-state index contributed by atoms with van der Waals surface area (Å²) in [5.41, 5.74) is 1.81. The van der Waals surface area contributed by atoms with Gasteiger partial charge in [-0.2, -0.15) is 0 Å². The van der Waals surface area contributed by atoms with Crippen molar-refractivity contribution in [3.63, 3.8) is 0 Å². The molecule has 5 nitrogen and oxygen atoms in total. The van der Waals surface area contributed by atoms with Crippen molar-refractivity contribution >= 4 is 17.7 Å². The molecule has 0 radical (unpaired) electrons. The normalized spacial score (nSPS) is 12.9. The Balaban J connectivity index is 1.86. The second kappa shape index (κ2) is 6.50. The maximum absolute atomic E-state index is 12.6. The van der Waals surface area contributed by atoms with E-state index in [1.807, 2.05) is 30.3 Å². The van der Waals surface area contributed by atoms with Crippen LogP contribution in [0.25, 0.3) is 0 Å². The summed E-state index contributed by atoms with van der Waals surface area (Å²) in [6.45, 7) is 4.09. The highest BCUT2D eigenvalue weighted by Gasteiger charge is 2.35. The van der Waals surface area contributed by atoms with Crippen molar-refractivity contribution in [3.8, 4) is 0 Å². The van der Waals surface area contributed by atoms with Gasteiger partial charge < -0.3 is 5.32 Å². The van der Waals surface area contributed by atoms with E-state index in [4.69, 9.17) is 0 Å². The van der Waals surface area contributed by atoms with Gasteiger partial charge in [0.05, 0.1) is 17.7 Å². The first-order chi connectivity index (χ1) is 11.6. The Morgan fingerprint density at radius 1 is 1.04 bits per heavy atom. The minimum Gasteiger partial charge on any atom is -0.349 e. The largest absolute Gasteiger partial charge is 0.349 e. The quantitative estimate of drug-likeness (QED) is 0.679. The van der Waals surface area contributed by atoms with Crippen molar-refractivity contribution in [1.29, 1.82) is 0 Å². The van der Waals surface area contributed by atoms with Crippen LogP contribution >= 0.6 is 0 Å². The van der Waals surface area contributed by atoms with Crippen molar-refractivity contribution in [1.82, 2.24) is 10.2 Å². The number of rotatable bonds is 5. The molecule has 1 N–H and O–H groups in total. The van der Waals surface area contributed by atoms with Gasteiger partial charge in [-0.05, 0) is 23.8 Å². The lowest BCUT2D eigenvalue weighted by molar-refractivity contribution is 0.0642. The van der Waals surface area contributed by atoms with E-state index < -0.39 is 0 Å². The Hall–Kier alpha value is -3.21. The molecule has 0 unspecified atom stereocenters. The first-order valence-corrected chi connectivity index (χ1v) is 7.55. The summed E-state index contributed by atoms with van der Waals surface area (Å²) in [5, 5.41) is 2.65. The van der Waals surface area contributed by atoms with E-state index >= 15 is 0 Å². The second-order valence-electron chi connectivity index (χ2n) is 5.44. The minimum absolute atomic E-state index is 0.213. The number of carbonyl (C=O) groups excluding carboxylic acids is 3. The first kappa shape index (κ1) is 15.7. The molecule has 24 heavy (non-hydrogen) atoms. The smallest absolute Gasteiger partial charge is 0.261 e. The Morgan fingerprint density at radius 3 is 2.46 bits per heavy atom. The Bertz CT molecular complexity index is 828. The highest BCUT2D eigenvalue weighted by atomic mass is 16.2. The highest BCUT2D eigenvalue weighted by Crippen LogP contribution is 2.25. The van der Waals surface area contributed by atoms with E-state index in [9.17, 15) is 14.4 Å². The summed E-state index contributed by atoms with van der Waals surface area (Å²) >= 11 is 0. The van der Waals surface area contributed by atoms with E-state index in [0.717, 1.165) is 5.56 Å². The van der Waals surface area contributed by atoms with Gasteiger partial charge in [-0.25, -0.2) is 0 Å². The van der Waals surface area contributed by atoms with Gasteiger partial charge in [0.2, 0.25) is 0 Å². The maximum atomic E-state index is 12.6. The zero-order valence-electron chi connectivity index (χ0n) is 13.0. The maximum Gasteiger partial charge on any atom is 0.261 e. The van der Waals surface area contributed by atoms with Gasteiger partial charge in [0, 0.05) is 12.1 Å². The molecule has 3 amide bonds. The molecule has 0 aromatic heterocycles. The number of carbonyl (C=O) groups is 3. The number of benzene rings is 2. The summed E-state index contributed by atoms with van der Waals surface area (Å²) in [6.07, 6.45) is 1.57. The van der Waals surface area contributed by atoms with Crippen LogP contribution in [0.3, 0.4) is 0 Å². The molecule has 0 fully saturated rings. The van der Waals surface area contributed by atoms with Gasteiger partial charge in [0.15, 0.2) is 0 Å². The van der Waals surface area contributed by atoms with Gasteiger partial charge in [-0.1, -0.05) is 36.4 Å². The standard InChI is InChI=1S/C19H16N2O3/c1-2-10-20-17(22)14-8-9-15-16(11-14)19(24)21(18(15)23)12-13-6-4-3-5-7-13/h2-9,11H,1,10,12H2,(H,20,22). The Labute approximate surface area is 139 Å². The van der Waals surface area contributed by atoms with Crippen molar-refractivity contribution < 1.29 is 14.4 Å². The third-order valence-electron chi connectivity index (χ3n) is 3.82. The lowest BCUT2D eigenvalue weighted by Crippen LogP contribution is -2.29. The predicted octanol–water partition coefficient (Wildman–Crippen LogP) is 2.40. The molecular weight excluding hydrogens is 304 g/mol. The fourth-order valence-electron chi connectivity index (χ4n) is 2.61. The molecule has 2 aromatic carbocycles. The minimum atomic E-state index is -0.378. The van der Waals surface area contributed by atoms with Crippen LogP contribution < -0.4 is 5.32 Å². The molecule has 1 heterocycles. The average Bonchev–Trinajstić information content (AvgIpc) is 2.85. The molecule has 0 aliphatic carbocycles. The molecule has 5 heteroatoms. The molecule has 0 bridgehead atoms. The van der Waals surface area contributed by atoms with Crippen LogP contribution in [0.1, 0.15) is 36.6 Å². The van der Waals surface area contributed by atoms with Crippen molar-refractivity contribution in [2.45, 2.75) is 6.54 Å². The molecule has 2 aromatic rings. The zero-order valence-corrected chi connectivity index (χ0v) is 13.0. The average molecular weight is 320 g/mol.